The maximum absolute atomic E-state index is 12.6. The summed E-state index contributed by atoms with van der Waals surface area (Å²) >= 11 is 0. The molecule has 26 heavy (non-hydrogen) atoms. The van der Waals surface area contributed by atoms with Crippen molar-refractivity contribution in [2.45, 2.75) is 17.9 Å². The molecule has 1 N–H and O–H groups in total. The number of nitrogens with one attached hydrogen (secondary N) is 1. The number of rotatable bonds is 7. The molecule has 3 aromatic rings. The molecule has 1 atom stereocenters. The molecule has 0 aliphatic carbocycles. The molecule has 0 unspecified atom stereocenters. The van der Waals surface area contributed by atoms with Crippen LogP contribution in [0.2, 0.25) is 0 Å². The van der Waals surface area contributed by atoms with Gasteiger partial charge in [0.1, 0.15) is 0 Å². The standard InChI is InChI=1S/C17H20N6O2S/c1-13(14-7-9-18-10-8-14)23(2)11-12-26(24,25)16-5-3-15(4-6-16)17-19-21-22-20-17/h3-10,13H,11-12H2,1-2H3,(H,19,20,21,22)/t13-/m0/s1. The average molecular weight is 372 g/mol. The molecule has 0 fully saturated rings. The number of aromatic amines is 1. The van der Waals surface area contributed by atoms with Crippen LogP contribution in [0.1, 0.15) is 18.5 Å². The summed E-state index contributed by atoms with van der Waals surface area (Å²) < 4.78 is 25.2. The molecule has 0 saturated carbocycles. The van der Waals surface area contributed by atoms with Crippen LogP contribution in [0.25, 0.3) is 11.4 Å². The monoisotopic (exact) mass is 372 g/mol. The lowest BCUT2D eigenvalue weighted by molar-refractivity contribution is 0.276. The molecular formula is C17H20N6O2S. The summed E-state index contributed by atoms with van der Waals surface area (Å²) in [5, 5.41) is 13.6. The number of tetrazole rings is 1. The van der Waals surface area contributed by atoms with Crippen LogP contribution in [0, 0.1) is 0 Å². The van der Waals surface area contributed by atoms with E-state index < -0.39 is 9.84 Å². The van der Waals surface area contributed by atoms with Crippen LogP contribution in [0.15, 0.2) is 53.7 Å². The molecule has 0 aliphatic heterocycles. The third kappa shape index (κ3) is 4.12. The van der Waals surface area contributed by atoms with Gasteiger partial charge in [-0.25, -0.2) is 8.42 Å². The highest BCUT2D eigenvalue weighted by molar-refractivity contribution is 7.91. The van der Waals surface area contributed by atoms with E-state index in [0.29, 0.717) is 17.9 Å². The molecule has 136 valence electrons. The van der Waals surface area contributed by atoms with Crippen molar-refractivity contribution in [3.05, 3.63) is 54.4 Å². The number of benzene rings is 1. The number of H-pyrrole nitrogens is 1. The Kier molecular flexibility index (Phi) is 5.38. The fourth-order valence-corrected chi connectivity index (χ4v) is 3.88. The number of hydrogen-bond donors (Lipinski definition) is 1. The van der Waals surface area contributed by atoms with Gasteiger partial charge in [0.15, 0.2) is 9.84 Å². The molecule has 0 saturated heterocycles. The molecule has 9 heteroatoms. The van der Waals surface area contributed by atoms with Crippen LogP contribution in [0.4, 0.5) is 0 Å². The number of aromatic nitrogens is 5. The Balaban J connectivity index is 1.65. The van der Waals surface area contributed by atoms with Gasteiger partial charge in [0, 0.05) is 30.5 Å². The van der Waals surface area contributed by atoms with E-state index in [-0.39, 0.29) is 16.7 Å². The highest BCUT2D eigenvalue weighted by Gasteiger charge is 2.18. The summed E-state index contributed by atoms with van der Waals surface area (Å²) in [6, 6.07) is 10.5. The molecule has 0 radical (unpaired) electrons. The summed E-state index contributed by atoms with van der Waals surface area (Å²) in [5.41, 5.74) is 1.81. The minimum Gasteiger partial charge on any atom is -0.299 e. The second kappa shape index (κ2) is 7.71. The quantitative estimate of drug-likeness (QED) is 0.673. The molecule has 0 aliphatic rings. The van der Waals surface area contributed by atoms with Crippen molar-refractivity contribution in [2.75, 3.05) is 19.3 Å². The number of pyridine rings is 1. The molecule has 1 aromatic carbocycles. The average Bonchev–Trinajstić information content (AvgIpc) is 3.21. The number of sulfone groups is 1. The van der Waals surface area contributed by atoms with Crippen LogP contribution in [-0.4, -0.2) is 58.3 Å². The maximum atomic E-state index is 12.6. The SMILES string of the molecule is C[C@@H](c1ccncc1)N(C)CCS(=O)(=O)c1ccc(-c2nn[nH]n2)cc1. The first-order valence-corrected chi connectivity index (χ1v) is 9.79. The second-order valence-electron chi connectivity index (χ2n) is 6.02. The van der Waals surface area contributed by atoms with Crippen LogP contribution >= 0.6 is 0 Å². The zero-order chi connectivity index (χ0) is 18.6. The number of hydrogen-bond acceptors (Lipinski definition) is 7. The van der Waals surface area contributed by atoms with E-state index in [1.165, 1.54) is 0 Å². The van der Waals surface area contributed by atoms with Gasteiger partial charge in [-0.05, 0) is 61.1 Å². The topological polar surface area (TPSA) is 105 Å². The molecule has 8 nitrogen and oxygen atoms in total. The predicted molar refractivity (Wildman–Crippen MR) is 96.9 cm³/mol. The molecule has 0 amide bonds. The molecular weight excluding hydrogens is 352 g/mol. The normalized spacial score (nSPS) is 13.0. The first-order valence-electron chi connectivity index (χ1n) is 8.14. The van der Waals surface area contributed by atoms with Crippen molar-refractivity contribution in [1.82, 2.24) is 30.5 Å². The molecule has 3 rings (SSSR count). The van der Waals surface area contributed by atoms with Crippen molar-refractivity contribution in [3.8, 4) is 11.4 Å². The molecule has 2 aromatic heterocycles. The van der Waals surface area contributed by atoms with Crippen molar-refractivity contribution in [2.24, 2.45) is 0 Å². The Bertz CT molecular complexity index is 927. The zero-order valence-corrected chi connectivity index (χ0v) is 15.4. The van der Waals surface area contributed by atoms with Gasteiger partial charge in [-0.2, -0.15) is 5.21 Å². The van der Waals surface area contributed by atoms with E-state index >= 15 is 0 Å². The van der Waals surface area contributed by atoms with E-state index in [2.05, 4.69) is 25.6 Å². The van der Waals surface area contributed by atoms with Gasteiger partial charge in [0.25, 0.3) is 0 Å². The summed E-state index contributed by atoms with van der Waals surface area (Å²) in [5.74, 6) is 0.473. The molecule has 0 spiro atoms. The smallest absolute Gasteiger partial charge is 0.204 e. The fraction of sp³-hybridized carbons (Fsp3) is 0.294. The first kappa shape index (κ1) is 18.2. The first-order chi connectivity index (χ1) is 12.5. The largest absolute Gasteiger partial charge is 0.299 e. The van der Waals surface area contributed by atoms with Gasteiger partial charge in [-0.15, -0.1) is 10.2 Å². The Labute approximate surface area is 152 Å². The Morgan fingerprint density at radius 1 is 1.12 bits per heavy atom. The lowest BCUT2D eigenvalue weighted by Gasteiger charge is -2.24. The molecule has 2 heterocycles. The van der Waals surface area contributed by atoms with Gasteiger partial charge in [0.05, 0.1) is 10.6 Å². The van der Waals surface area contributed by atoms with Crippen molar-refractivity contribution >= 4 is 9.84 Å². The van der Waals surface area contributed by atoms with E-state index in [1.54, 1.807) is 36.7 Å². The van der Waals surface area contributed by atoms with Crippen LogP contribution in [0.3, 0.4) is 0 Å². The van der Waals surface area contributed by atoms with Crippen molar-refractivity contribution in [3.63, 3.8) is 0 Å². The lowest BCUT2D eigenvalue weighted by atomic mass is 10.1. The van der Waals surface area contributed by atoms with Crippen molar-refractivity contribution in [1.29, 1.82) is 0 Å². The Morgan fingerprint density at radius 2 is 1.81 bits per heavy atom. The number of nitrogens with zero attached hydrogens (tertiary/aromatic N) is 5. The Hall–Kier alpha value is -2.65. The minimum atomic E-state index is -3.37. The van der Waals surface area contributed by atoms with Crippen LogP contribution < -0.4 is 0 Å². The van der Waals surface area contributed by atoms with Gasteiger partial charge in [0.2, 0.25) is 5.82 Å². The lowest BCUT2D eigenvalue weighted by Crippen LogP contribution is -2.28. The van der Waals surface area contributed by atoms with Crippen molar-refractivity contribution < 1.29 is 8.42 Å². The highest BCUT2D eigenvalue weighted by Crippen LogP contribution is 2.20. The summed E-state index contributed by atoms with van der Waals surface area (Å²) in [7, 11) is -1.46. The zero-order valence-electron chi connectivity index (χ0n) is 14.6. The van der Waals surface area contributed by atoms with Gasteiger partial charge < -0.3 is 0 Å². The van der Waals surface area contributed by atoms with E-state index in [1.807, 2.05) is 31.0 Å². The van der Waals surface area contributed by atoms with Crippen LogP contribution in [-0.2, 0) is 9.84 Å². The summed E-state index contributed by atoms with van der Waals surface area (Å²) in [6.45, 7) is 2.47. The maximum Gasteiger partial charge on any atom is 0.204 e. The minimum absolute atomic E-state index is 0.0421. The third-order valence-corrected chi connectivity index (χ3v) is 6.09. The van der Waals surface area contributed by atoms with E-state index in [4.69, 9.17) is 0 Å². The van der Waals surface area contributed by atoms with E-state index in [9.17, 15) is 8.42 Å². The molecule has 0 bridgehead atoms. The van der Waals surface area contributed by atoms with Gasteiger partial charge in [-0.3, -0.25) is 9.88 Å². The third-order valence-electron chi connectivity index (χ3n) is 4.38. The predicted octanol–water partition coefficient (Wildman–Crippen LogP) is 1.73. The van der Waals surface area contributed by atoms with E-state index in [0.717, 1.165) is 5.56 Å². The second-order valence-corrected chi connectivity index (χ2v) is 8.12. The fourth-order valence-electron chi connectivity index (χ4n) is 2.57. The summed E-state index contributed by atoms with van der Waals surface area (Å²) in [4.78, 5) is 6.31. The van der Waals surface area contributed by atoms with Gasteiger partial charge in [-0.1, -0.05) is 0 Å². The Morgan fingerprint density at radius 3 is 2.42 bits per heavy atom. The van der Waals surface area contributed by atoms with Crippen LogP contribution in [0.5, 0.6) is 0 Å². The highest BCUT2D eigenvalue weighted by atomic mass is 32.2. The van der Waals surface area contributed by atoms with Gasteiger partial charge >= 0.3 is 0 Å². The summed E-state index contributed by atoms with van der Waals surface area (Å²) in [6.07, 6.45) is 3.48.